The molecular weight excluding hydrogens is 377 g/mol. The molecule has 0 radical (unpaired) electrons. The summed E-state index contributed by atoms with van der Waals surface area (Å²) in [5.74, 6) is -1.48. The van der Waals surface area contributed by atoms with Gasteiger partial charge in [0, 0.05) is 17.5 Å². The molecule has 0 saturated heterocycles. The van der Waals surface area contributed by atoms with Crippen LogP contribution < -0.4 is 15.4 Å². The van der Waals surface area contributed by atoms with E-state index in [0.717, 1.165) is 12.1 Å². The van der Waals surface area contributed by atoms with Crippen molar-refractivity contribution in [2.45, 2.75) is 19.7 Å². The molecule has 0 bridgehead atoms. The van der Waals surface area contributed by atoms with Crippen LogP contribution in [0, 0.1) is 0 Å². The van der Waals surface area contributed by atoms with E-state index in [4.69, 9.17) is 4.42 Å². The van der Waals surface area contributed by atoms with Crippen LogP contribution in [0.1, 0.15) is 23.9 Å². The molecule has 0 atom stereocenters. The normalized spacial score (nSPS) is 11.3. The molecule has 2 amide bonds. The molecule has 2 N–H and O–H groups in total. The number of amides is 2. The maximum atomic E-state index is 12.6. The van der Waals surface area contributed by atoms with E-state index in [1.54, 1.807) is 31.2 Å². The van der Waals surface area contributed by atoms with Crippen LogP contribution in [0.15, 0.2) is 52.9 Å². The van der Waals surface area contributed by atoms with E-state index in [-0.39, 0.29) is 29.5 Å². The highest BCUT2D eigenvalue weighted by Crippen LogP contribution is 2.32. The molecule has 0 spiro atoms. The Morgan fingerprint density at radius 1 is 1.04 bits per heavy atom. The van der Waals surface area contributed by atoms with Crippen LogP contribution in [0.4, 0.5) is 24.5 Å². The van der Waals surface area contributed by atoms with E-state index in [0.29, 0.717) is 11.0 Å². The van der Waals surface area contributed by atoms with Gasteiger partial charge in [-0.25, -0.2) is 0 Å². The van der Waals surface area contributed by atoms with Crippen molar-refractivity contribution >= 4 is 34.2 Å². The molecule has 9 heteroatoms. The lowest BCUT2D eigenvalue weighted by Gasteiger charge is -2.10. The first kappa shape index (κ1) is 19.3. The number of furan rings is 1. The predicted molar refractivity (Wildman–Crippen MR) is 96.2 cm³/mol. The fourth-order valence-corrected chi connectivity index (χ4v) is 2.49. The third kappa shape index (κ3) is 4.43. The van der Waals surface area contributed by atoms with Gasteiger partial charge in [0.25, 0.3) is 5.91 Å². The van der Waals surface area contributed by atoms with Gasteiger partial charge in [0.15, 0.2) is 0 Å². The molecule has 1 aromatic heterocycles. The van der Waals surface area contributed by atoms with Crippen molar-refractivity contribution in [2.24, 2.45) is 0 Å². The number of carbonyl (C=O) groups is 2. The van der Waals surface area contributed by atoms with E-state index in [2.05, 4.69) is 15.4 Å². The van der Waals surface area contributed by atoms with E-state index >= 15 is 0 Å². The lowest BCUT2D eigenvalue weighted by atomic mass is 10.2. The number of fused-ring (bicyclic) bond motifs is 1. The molecule has 0 aliphatic heterocycles. The summed E-state index contributed by atoms with van der Waals surface area (Å²) in [7, 11) is 0. The molecular formula is C19H15F3N2O4. The van der Waals surface area contributed by atoms with E-state index in [1.807, 2.05) is 0 Å². The van der Waals surface area contributed by atoms with Crippen LogP contribution in [0.25, 0.3) is 11.0 Å². The fraction of sp³-hybridized carbons (Fsp3) is 0.158. The highest BCUT2D eigenvalue weighted by molar-refractivity contribution is 6.14. The zero-order chi connectivity index (χ0) is 20.3. The average molecular weight is 392 g/mol. The second-order valence-electron chi connectivity index (χ2n) is 5.73. The molecule has 0 fully saturated rings. The minimum Gasteiger partial charge on any atom is -0.449 e. The van der Waals surface area contributed by atoms with Gasteiger partial charge in [-0.3, -0.25) is 9.59 Å². The first-order valence-corrected chi connectivity index (χ1v) is 8.25. The molecule has 2 aromatic carbocycles. The van der Waals surface area contributed by atoms with Crippen LogP contribution >= 0.6 is 0 Å². The van der Waals surface area contributed by atoms with Gasteiger partial charge in [-0.2, -0.15) is 0 Å². The highest BCUT2D eigenvalue weighted by atomic mass is 19.4. The summed E-state index contributed by atoms with van der Waals surface area (Å²) in [6.45, 7) is 1.67. The summed E-state index contributed by atoms with van der Waals surface area (Å²) in [4.78, 5) is 24.4. The lowest BCUT2D eigenvalue weighted by Crippen LogP contribution is -2.17. The van der Waals surface area contributed by atoms with Crippen LogP contribution in [-0.2, 0) is 4.79 Å². The minimum absolute atomic E-state index is 0.112. The van der Waals surface area contributed by atoms with Crippen LogP contribution in [0.2, 0.25) is 0 Å². The van der Waals surface area contributed by atoms with Gasteiger partial charge >= 0.3 is 6.36 Å². The first-order valence-electron chi connectivity index (χ1n) is 8.25. The zero-order valence-electron chi connectivity index (χ0n) is 14.6. The smallest absolute Gasteiger partial charge is 0.449 e. The fourth-order valence-electron chi connectivity index (χ4n) is 2.49. The van der Waals surface area contributed by atoms with Crippen molar-refractivity contribution in [3.8, 4) is 5.75 Å². The molecule has 28 heavy (non-hydrogen) atoms. The molecule has 3 rings (SSSR count). The summed E-state index contributed by atoms with van der Waals surface area (Å²) < 4.78 is 46.0. The molecule has 146 valence electrons. The van der Waals surface area contributed by atoms with Crippen molar-refractivity contribution < 1.29 is 31.9 Å². The SMILES string of the molecule is CCC(=O)Nc1c(C(=O)Nc2ccc(OC(F)(F)F)cc2)oc2ccccc12. The van der Waals surface area contributed by atoms with E-state index < -0.39 is 18.0 Å². The molecule has 0 unspecified atom stereocenters. The Bertz CT molecular complexity index is 1010. The Morgan fingerprint density at radius 3 is 2.36 bits per heavy atom. The molecule has 6 nitrogen and oxygen atoms in total. The van der Waals surface area contributed by atoms with Crippen molar-refractivity contribution in [2.75, 3.05) is 10.6 Å². The van der Waals surface area contributed by atoms with Gasteiger partial charge in [-0.05, 0) is 36.4 Å². The van der Waals surface area contributed by atoms with Gasteiger partial charge < -0.3 is 19.8 Å². The monoisotopic (exact) mass is 392 g/mol. The number of nitrogens with one attached hydrogen (secondary N) is 2. The number of rotatable bonds is 5. The van der Waals surface area contributed by atoms with Crippen LogP contribution in [0.5, 0.6) is 5.75 Å². The van der Waals surface area contributed by atoms with E-state index in [1.165, 1.54) is 12.1 Å². The summed E-state index contributed by atoms with van der Waals surface area (Å²) >= 11 is 0. The average Bonchev–Trinajstić information content (AvgIpc) is 3.01. The highest BCUT2D eigenvalue weighted by Gasteiger charge is 2.31. The molecule has 1 heterocycles. The lowest BCUT2D eigenvalue weighted by molar-refractivity contribution is -0.274. The summed E-state index contributed by atoms with van der Waals surface area (Å²) in [5, 5.41) is 5.73. The number of ether oxygens (including phenoxy) is 1. The number of halogens is 3. The molecule has 0 saturated carbocycles. The summed E-state index contributed by atoms with van der Waals surface area (Å²) in [6.07, 6.45) is -4.59. The Labute approximate surface area is 157 Å². The number of benzene rings is 2. The first-order chi connectivity index (χ1) is 13.3. The second kappa shape index (κ2) is 7.63. The van der Waals surface area contributed by atoms with Crippen molar-refractivity contribution in [1.29, 1.82) is 0 Å². The Balaban J connectivity index is 1.85. The molecule has 3 aromatic rings. The second-order valence-corrected chi connectivity index (χ2v) is 5.73. The van der Waals surface area contributed by atoms with Crippen LogP contribution in [0.3, 0.4) is 0 Å². The van der Waals surface area contributed by atoms with Gasteiger partial charge in [0.05, 0.1) is 0 Å². The summed E-state index contributed by atoms with van der Waals surface area (Å²) in [5.41, 5.74) is 0.873. The maximum Gasteiger partial charge on any atom is 0.573 e. The van der Waals surface area contributed by atoms with Crippen LogP contribution in [-0.4, -0.2) is 18.2 Å². The zero-order valence-corrected chi connectivity index (χ0v) is 14.6. The largest absolute Gasteiger partial charge is 0.573 e. The molecule has 0 aliphatic carbocycles. The third-order valence-electron chi connectivity index (χ3n) is 3.73. The number of anilines is 2. The van der Waals surface area contributed by atoms with Gasteiger partial charge in [0.1, 0.15) is 17.0 Å². The summed E-state index contributed by atoms with van der Waals surface area (Å²) in [6, 6.07) is 11.5. The van der Waals surface area contributed by atoms with Crippen molar-refractivity contribution in [3.05, 3.63) is 54.3 Å². The number of para-hydroxylation sites is 1. The Kier molecular flexibility index (Phi) is 5.25. The third-order valence-corrected chi connectivity index (χ3v) is 3.73. The number of carbonyl (C=O) groups excluding carboxylic acids is 2. The van der Waals surface area contributed by atoms with Crippen molar-refractivity contribution in [1.82, 2.24) is 0 Å². The van der Waals surface area contributed by atoms with Gasteiger partial charge in [-0.1, -0.05) is 19.1 Å². The number of hydrogen-bond donors (Lipinski definition) is 2. The minimum atomic E-state index is -4.80. The maximum absolute atomic E-state index is 12.6. The van der Waals surface area contributed by atoms with Crippen molar-refractivity contribution in [3.63, 3.8) is 0 Å². The Morgan fingerprint density at radius 2 is 1.71 bits per heavy atom. The Hall–Kier alpha value is -3.49. The quantitative estimate of drug-likeness (QED) is 0.645. The standard InChI is InChI=1S/C19H15F3N2O4/c1-2-15(25)24-16-13-5-3-4-6-14(13)27-17(16)18(26)23-11-7-9-12(10-8-11)28-19(20,21)22/h3-10H,2H2,1H3,(H,23,26)(H,24,25). The predicted octanol–water partition coefficient (Wildman–Crippen LogP) is 4.93. The number of hydrogen-bond acceptors (Lipinski definition) is 4. The van der Waals surface area contributed by atoms with Gasteiger partial charge in [0.2, 0.25) is 11.7 Å². The van der Waals surface area contributed by atoms with Gasteiger partial charge in [-0.15, -0.1) is 13.2 Å². The number of alkyl halides is 3. The van der Waals surface area contributed by atoms with E-state index in [9.17, 15) is 22.8 Å². The molecule has 0 aliphatic rings. The topological polar surface area (TPSA) is 80.6 Å².